The van der Waals surface area contributed by atoms with E-state index in [1.807, 2.05) is 13.0 Å². The lowest BCUT2D eigenvalue weighted by Gasteiger charge is -2.13. The van der Waals surface area contributed by atoms with Crippen molar-refractivity contribution in [2.45, 2.75) is 20.3 Å². The minimum atomic E-state index is -1.13. The summed E-state index contributed by atoms with van der Waals surface area (Å²) in [5.41, 5.74) is 0.842. The largest absolute Gasteiger partial charge is 0.490 e. The van der Waals surface area contributed by atoms with Crippen molar-refractivity contribution in [1.82, 2.24) is 9.66 Å². The van der Waals surface area contributed by atoms with Crippen LogP contribution in [0.4, 0.5) is 0 Å². The molecule has 0 fully saturated rings. The molecule has 0 saturated carbocycles. The maximum absolute atomic E-state index is 13.0. The fourth-order valence-electron chi connectivity index (χ4n) is 2.87. The van der Waals surface area contributed by atoms with Crippen molar-refractivity contribution in [2.24, 2.45) is 5.10 Å². The Kier molecular flexibility index (Phi) is 7.29. The summed E-state index contributed by atoms with van der Waals surface area (Å²) in [4.78, 5) is 28.3. The Morgan fingerprint density at radius 1 is 1.29 bits per heavy atom. The number of hydrogen-bond donors (Lipinski definition) is 1. The van der Waals surface area contributed by atoms with E-state index in [4.69, 9.17) is 26.2 Å². The van der Waals surface area contributed by atoms with Crippen LogP contribution < -0.4 is 15.0 Å². The highest BCUT2D eigenvalue weighted by Crippen LogP contribution is 2.36. The number of aliphatic carboxylic acids is 1. The van der Waals surface area contributed by atoms with Crippen molar-refractivity contribution < 1.29 is 19.4 Å². The van der Waals surface area contributed by atoms with E-state index in [9.17, 15) is 9.59 Å². The van der Waals surface area contributed by atoms with Gasteiger partial charge in [0, 0.05) is 10.9 Å². The summed E-state index contributed by atoms with van der Waals surface area (Å²) in [6, 6.07) is 8.46. The third kappa shape index (κ3) is 5.23. The summed E-state index contributed by atoms with van der Waals surface area (Å²) < 4.78 is 12.8. The molecular formula is C21H19BrClN3O5. The van der Waals surface area contributed by atoms with E-state index >= 15 is 0 Å². The quantitative estimate of drug-likeness (QED) is 0.459. The zero-order chi connectivity index (χ0) is 22.5. The Bertz CT molecular complexity index is 1230. The number of carboxylic acid groups (broad SMARTS) is 1. The molecule has 0 atom stereocenters. The standard InChI is InChI=1S/C21H19BrClN3O5/c1-3-18-25-16-6-5-13(22)9-14(16)21(29)26(18)24-10-12-7-15(23)20(31-11-19(27)28)17(8-12)30-4-2/h5-10H,3-4,11H2,1-2H3,(H,27,28). The van der Waals surface area contributed by atoms with Gasteiger partial charge in [0.2, 0.25) is 0 Å². The molecule has 1 N–H and O–H groups in total. The molecule has 8 nitrogen and oxygen atoms in total. The van der Waals surface area contributed by atoms with E-state index in [0.717, 1.165) is 4.47 Å². The number of ether oxygens (including phenoxy) is 2. The van der Waals surface area contributed by atoms with Crippen molar-refractivity contribution >= 4 is 50.6 Å². The van der Waals surface area contributed by atoms with Gasteiger partial charge in [-0.3, -0.25) is 4.79 Å². The van der Waals surface area contributed by atoms with Crippen LogP contribution in [0.1, 0.15) is 25.2 Å². The van der Waals surface area contributed by atoms with Crippen molar-refractivity contribution in [3.8, 4) is 11.5 Å². The molecule has 0 aliphatic rings. The molecule has 1 aromatic heterocycles. The van der Waals surface area contributed by atoms with Gasteiger partial charge in [-0.15, -0.1) is 0 Å². The molecule has 3 aromatic rings. The zero-order valence-electron chi connectivity index (χ0n) is 16.8. The maximum atomic E-state index is 13.0. The highest BCUT2D eigenvalue weighted by molar-refractivity contribution is 9.10. The van der Waals surface area contributed by atoms with Crippen molar-refractivity contribution in [3.63, 3.8) is 0 Å². The number of aromatic nitrogens is 2. The van der Waals surface area contributed by atoms with Gasteiger partial charge in [-0.05, 0) is 42.8 Å². The molecular weight excluding hydrogens is 490 g/mol. The average molecular weight is 509 g/mol. The number of benzene rings is 2. The van der Waals surface area contributed by atoms with Crippen LogP contribution in [0.25, 0.3) is 10.9 Å². The van der Waals surface area contributed by atoms with Gasteiger partial charge in [0.1, 0.15) is 5.82 Å². The molecule has 0 aliphatic heterocycles. The summed E-state index contributed by atoms with van der Waals surface area (Å²) >= 11 is 9.65. The van der Waals surface area contributed by atoms with Gasteiger partial charge in [0.05, 0.1) is 28.7 Å². The first-order valence-corrected chi connectivity index (χ1v) is 10.6. The molecule has 10 heteroatoms. The van der Waals surface area contributed by atoms with Crippen LogP contribution >= 0.6 is 27.5 Å². The average Bonchev–Trinajstić information content (AvgIpc) is 2.72. The zero-order valence-corrected chi connectivity index (χ0v) is 19.1. The summed E-state index contributed by atoms with van der Waals surface area (Å²) in [5.74, 6) is -0.215. The molecule has 2 aromatic carbocycles. The SMILES string of the molecule is CCOc1cc(C=Nn2c(CC)nc3ccc(Br)cc3c2=O)cc(Cl)c1OCC(=O)O. The maximum Gasteiger partial charge on any atom is 0.341 e. The number of carbonyl (C=O) groups is 1. The predicted octanol–water partition coefficient (Wildman–Crippen LogP) is 4.12. The van der Waals surface area contributed by atoms with E-state index in [-0.39, 0.29) is 22.1 Å². The second-order valence-electron chi connectivity index (χ2n) is 6.35. The number of aryl methyl sites for hydroxylation is 1. The molecule has 0 radical (unpaired) electrons. The predicted molar refractivity (Wildman–Crippen MR) is 122 cm³/mol. The van der Waals surface area contributed by atoms with Crippen LogP contribution in [0.5, 0.6) is 11.5 Å². The third-order valence-electron chi connectivity index (χ3n) is 4.19. The van der Waals surface area contributed by atoms with Gasteiger partial charge in [-0.2, -0.15) is 9.78 Å². The summed E-state index contributed by atoms with van der Waals surface area (Å²) in [6.07, 6.45) is 1.97. The van der Waals surface area contributed by atoms with Crippen LogP contribution in [0.2, 0.25) is 5.02 Å². The van der Waals surface area contributed by atoms with Crippen LogP contribution in [0.3, 0.4) is 0 Å². The van der Waals surface area contributed by atoms with Crippen molar-refractivity contribution in [2.75, 3.05) is 13.2 Å². The summed E-state index contributed by atoms with van der Waals surface area (Å²) in [5, 5.41) is 13.8. The van der Waals surface area contributed by atoms with Gasteiger partial charge in [-0.1, -0.05) is 34.5 Å². The highest BCUT2D eigenvalue weighted by Gasteiger charge is 2.14. The third-order valence-corrected chi connectivity index (χ3v) is 4.96. The van der Waals surface area contributed by atoms with Crippen LogP contribution in [-0.2, 0) is 11.2 Å². The number of nitrogens with zero attached hydrogens (tertiary/aromatic N) is 3. The minimum Gasteiger partial charge on any atom is -0.490 e. The first-order chi connectivity index (χ1) is 14.8. The van der Waals surface area contributed by atoms with Crippen molar-refractivity contribution in [3.05, 3.63) is 61.6 Å². The van der Waals surface area contributed by atoms with Gasteiger partial charge < -0.3 is 14.6 Å². The van der Waals surface area contributed by atoms with E-state index in [1.54, 1.807) is 31.2 Å². The second kappa shape index (κ2) is 9.93. The Hall–Kier alpha value is -2.91. The lowest BCUT2D eigenvalue weighted by molar-refractivity contribution is -0.139. The molecule has 0 bridgehead atoms. The minimum absolute atomic E-state index is 0.131. The monoisotopic (exact) mass is 507 g/mol. The van der Waals surface area contributed by atoms with Crippen LogP contribution in [0.15, 0.2) is 44.7 Å². The topological polar surface area (TPSA) is 103 Å². The molecule has 1 heterocycles. The molecule has 31 heavy (non-hydrogen) atoms. The number of rotatable bonds is 8. The molecule has 162 valence electrons. The second-order valence-corrected chi connectivity index (χ2v) is 7.67. The highest BCUT2D eigenvalue weighted by atomic mass is 79.9. The Morgan fingerprint density at radius 3 is 2.74 bits per heavy atom. The number of carboxylic acids is 1. The van der Waals surface area contributed by atoms with Gasteiger partial charge >= 0.3 is 5.97 Å². The number of hydrogen-bond acceptors (Lipinski definition) is 6. The Morgan fingerprint density at radius 2 is 2.06 bits per heavy atom. The molecule has 0 saturated heterocycles. The molecule has 0 amide bonds. The summed E-state index contributed by atoms with van der Waals surface area (Å²) in [7, 11) is 0. The first-order valence-electron chi connectivity index (χ1n) is 9.40. The first kappa shape index (κ1) is 22.8. The van der Waals surface area contributed by atoms with Crippen LogP contribution in [0, 0.1) is 0 Å². The van der Waals surface area contributed by atoms with Gasteiger partial charge in [-0.25, -0.2) is 9.78 Å². The molecule has 0 aliphatic carbocycles. The van der Waals surface area contributed by atoms with Crippen molar-refractivity contribution in [1.29, 1.82) is 0 Å². The number of fused-ring (bicyclic) bond motifs is 1. The Labute approximate surface area is 191 Å². The normalized spacial score (nSPS) is 11.2. The van der Waals surface area contributed by atoms with Gasteiger partial charge in [0.25, 0.3) is 5.56 Å². The lowest BCUT2D eigenvalue weighted by atomic mass is 10.2. The lowest BCUT2D eigenvalue weighted by Crippen LogP contribution is -2.22. The molecule has 3 rings (SSSR count). The summed E-state index contributed by atoms with van der Waals surface area (Å²) in [6.45, 7) is 3.43. The molecule has 0 unspecified atom stereocenters. The smallest absolute Gasteiger partial charge is 0.341 e. The number of halogens is 2. The van der Waals surface area contributed by atoms with E-state index < -0.39 is 12.6 Å². The van der Waals surface area contributed by atoms with Crippen LogP contribution in [-0.4, -0.2) is 40.2 Å². The molecule has 0 spiro atoms. The van der Waals surface area contributed by atoms with E-state index in [1.165, 1.54) is 10.9 Å². The van der Waals surface area contributed by atoms with E-state index in [0.29, 0.717) is 35.3 Å². The van der Waals surface area contributed by atoms with Gasteiger partial charge in [0.15, 0.2) is 18.1 Å². The Balaban J connectivity index is 2.05. The fraction of sp³-hybridized carbons (Fsp3) is 0.238. The fourth-order valence-corrected chi connectivity index (χ4v) is 3.50. The van der Waals surface area contributed by atoms with E-state index in [2.05, 4.69) is 26.0 Å².